The van der Waals surface area contributed by atoms with Crippen LogP contribution < -0.4 is 15.5 Å². The molecule has 0 atom stereocenters. The minimum Gasteiger partial charge on any atom is -0.371 e. The van der Waals surface area contributed by atoms with Crippen LogP contribution in [0.25, 0.3) is 0 Å². The van der Waals surface area contributed by atoms with E-state index in [9.17, 15) is 4.79 Å². The molecule has 1 amide bonds. The van der Waals surface area contributed by atoms with Gasteiger partial charge in [-0.05, 0) is 30.5 Å². The molecule has 0 bridgehead atoms. The second kappa shape index (κ2) is 7.46. The second-order valence-electron chi connectivity index (χ2n) is 6.08. The van der Waals surface area contributed by atoms with Crippen molar-refractivity contribution in [3.8, 4) is 0 Å². The number of piperidine rings is 1. The third-order valence-corrected chi connectivity index (χ3v) is 4.13. The Morgan fingerprint density at radius 1 is 1.24 bits per heavy atom. The zero-order valence-electron chi connectivity index (χ0n) is 13.4. The topological polar surface area (TPSA) is 44.4 Å². The quantitative estimate of drug-likeness (QED) is 0.873. The van der Waals surface area contributed by atoms with Crippen molar-refractivity contribution >= 4 is 11.6 Å². The van der Waals surface area contributed by atoms with E-state index >= 15 is 0 Å². The summed E-state index contributed by atoms with van der Waals surface area (Å²) in [4.78, 5) is 14.0. The van der Waals surface area contributed by atoms with Gasteiger partial charge >= 0.3 is 0 Å². The highest BCUT2D eigenvalue weighted by Gasteiger charge is 2.24. The summed E-state index contributed by atoms with van der Waals surface area (Å²) in [5, 5.41) is 6.18. The van der Waals surface area contributed by atoms with Gasteiger partial charge < -0.3 is 15.5 Å². The van der Waals surface area contributed by atoms with Crippen molar-refractivity contribution in [2.45, 2.75) is 39.3 Å². The molecule has 4 nitrogen and oxygen atoms in total. The second-order valence-corrected chi connectivity index (χ2v) is 6.08. The number of hydrogen-bond donors (Lipinski definition) is 2. The van der Waals surface area contributed by atoms with Crippen LogP contribution in [0, 0.1) is 5.92 Å². The van der Waals surface area contributed by atoms with Crippen LogP contribution >= 0.6 is 0 Å². The predicted molar refractivity (Wildman–Crippen MR) is 87.4 cm³/mol. The first kappa shape index (κ1) is 15.8. The first-order valence-electron chi connectivity index (χ1n) is 7.89. The highest BCUT2D eigenvalue weighted by molar-refractivity contribution is 5.78. The average Bonchev–Trinajstić information content (AvgIpc) is 2.53. The van der Waals surface area contributed by atoms with Gasteiger partial charge in [0.2, 0.25) is 5.91 Å². The van der Waals surface area contributed by atoms with Crippen molar-refractivity contribution < 1.29 is 4.79 Å². The van der Waals surface area contributed by atoms with E-state index in [4.69, 9.17) is 0 Å². The molecule has 1 aliphatic heterocycles. The summed E-state index contributed by atoms with van der Waals surface area (Å²) in [5.74, 6) is 0.366. The van der Waals surface area contributed by atoms with Gasteiger partial charge in [-0.1, -0.05) is 26.0 Å². The van der Waals surface area contributed by atoms with Crippen molar-refractivity contribution in [2.75, 3.05) is 25.0 Å². The van der Waals surface area contributed by atoms with Crippen LogP contribution in [0.2, 0.25) is 0 Å². The fourth-order valence-corrected chi connectivity index (χ4v) is 2.75. The number of rotatable bonds is 5. The number of amides is 1. The molecule has 0 saturated carbocycles. The van der Waals surface area contributed by atoms with Crippen LogP contribution in [0.4, 0.5) is 5.69 Å². The van der Waals surface area contributed by atoms with Crippen LogP contribution in [-0.4, -0.2) is 32.1 Å². The summed E-state index contributed by atoms with van der Waals surface area (Å²) >= 11 is 0. The normalized spacial score (nSPS) is 16.3. The zero-order chi connectivity index (χ0) is 15.2. The molecule has 4 heteroatoms. The minimum atomic E-state index is 0.181. The molecular formula is C17H27N3O. The SMILES string of the molecule is CNC(=O)C1CCN(c2ccc(CNC(C)C)cc2)CC1. The Kier molecular flexibility index (Phi) is 5.62. The van der Waals surface area contributed by atoms with Crippen molar-refractivity contribution in [3.63, 3.8) is 0 Å². The lowest BCUT2D eigenvalue weighted by atomic mass is 9.95. The highest BCUT2D eigenvalue weighted by Crippen LogP contribution is 2.23. The molecular weight excluding hydrogens is 262 g/mol. The maximum atomic E-state index is 11.6. The summed E-state index contributed by atoms with van der Waals surface area (Å²) in [6.45, 7) is 7.15. The largest absolute Gasteiger partial charge is 0.371 e. The molecule has 2 N–H and O–H groups in total. The first-order chi connectivity index (χ1) is 10.1. The van der Waals surface area contributed by atoms with Crippen LogP contribution in [0.1, 0.15) is 32.3 Å². The molecule has 0 radical (unpaired) electrons. The Morgan fingerprint density at radius 2 is 1.86 bits per heavy atom. The fourth-order valence-electron chi connectivity index (χ4n) is 2.75. The minimum absolute atomic E-state index is 0.181. The molecule has 1 saturated heterocycles. The first-order valence-corrected chi connectivity index (χ1v) is 7.89. The third-order valence-electron chi connectivity index (χ3n) is 4.13. The van der Waals surface area contributed by atoms with Gasteiger partial charge in [-0.15, -0.1) is 0 Å². The summed E-state index contributed by atoms with van der Waals surface area (Å²) < 4.78 is 0. The Hall–Kier alpha value is -1.55. The standard InChI is InChI=1S/C17H27N3O/c1-13(2)19-12-14-4-6-16(7-5-14)20-10-8-15(9-11-20)17(21)18-3/h4-7,13,15,19H,8-12H2,1-3H3,(H,18,21). The number of hydrogen-bond acceptors (Lipinski definition) is 3. The van der Waals surface area contributed by atoms with Gasteiger partial charge in [0.1, 0.15) is 0 Å². The van der Waals surface area contributed by atoms with Gasteiger partial charge in [0.05, 0.1) is 0 Å². The van der Waals surface area contributed by atoms with Crippen molar-refractivity contribution in [1.82, 2.24) is 10.6 Å². The van der Waals surface area contributed by atoms with Crippen LogP contribution in [0.3, 0.4) is 0 Å². The van der Waals surface area contributed by atoms with Gasteiger partial charge in [0, 0.05) is 44.3 Å². The van der Waals surface area contributed by atoms with Crippen LogP contribution in [0.15, 0.2) is 24.3 Å². The lowest BCUT2D eigenvalue weighted by Crippen LogP contribution is -2.39. The van der Waals surface area contributed by atoms with E-state index in [1.807, 2.05) is 0 Å². The van der Waals surface area contributed by atoms with Crippen LogP contribution in [0.5, 0.6) is 0 Å². The van der Waals surface area contributed by atoms with Crippen LogP contribution in [-0.2, 0) is 11.3 Å². The molecule has 2 rings (SSSR count). The highest BCUT2D eigenvalue weighted by atomic mass is 16.1. The Balaban J connectivity index is 1.87. The number of benzene rings is 1. The molecule has 1 aromatic rings. The Bertz CT molecular complexity index is 448. The van der Waals surface area contributed by atoms with Gasteiger partial charge in [-0.2, -0.15) is 0 Å². The number of carbonyl (C=O) groups excluding carboxylic acids is 1. The molecule has 0 unspecified atom stereocenters. The van der Waals surface area contributed by atoms with E-state index in [1.165, 1.54) is 11.3 Å². The number of nitrogens with one attached hydrogen (secondary N) is 2. The maximum Gasteiger partial charge on any atom is 0.222 e. The summed E-state index contributed by atoms with van der Waals surface area (Å²) in [6, 6.07) is 9.27. The molecule has 116 valence electrons. The average molecular weight is 289 g/mol. The summed E-state index contributed by atoms with van der Waals surface area (Å²) in [6.07, 6.45) is 1.88. The molecule has 0 aliphatic carbocycles. The Morgan fingerprint density at radius 3 is 2.38 bits per heavy atom. The molecule has 0 spiro atoms. The number of nitrogens with zero attached hydrogens (tertiary/aromatic N) is 1. The molecule has 1 aliphatic rings. The summed E-state index contributed by atoms with van der Waals surface area (Å²) in [5.41, 5.74) is 2.58. The van der Waals surface area contributed by atoms with E-state index < -0.39 is 0 Å². The molecule has 1 aromatic carbocycles. The van der Waals surface area contributed by atoms with E-state index in [0.29, 0.717) is 6.04 Å². The molecule has 1 fully saturated rings. The van der Waals surface area contributed by atoms with Gasteiger partial charge in [-0.3, -0.25) is 4.79 Å². The van der Waals surface area contributed by atoms with Crippen molar-refractivity contribution in [1.29, 1.82) is 0 Å². The smallest absolute Gasteiger partial charge is 0.222 e. The molecule has 21 heavy (non-hydrogen) atoms. The van der Waals surface area contributed by atoms with Gasteiger partial charge in [0.25, 0.3) is 0 Å². The number of anilines is 1. The maximum absolute atomic E-state index is 11.6. The van der Waals surface area contributed by atoms with Gasteiger partial charge in [0.15, 0.2) is 0 Å². The van der Waals surface area contributed by atoms with Crippen molar-refractivity contribution in [2.24, 2.45) is 5.92 Å². The molecule has 0 aromatic heterocycles. The fraction of sp³-hybridized carbons (Fsp3) is 0.588. The van der Waals surface area contributed by atoms with Gasteiger partial charge in [-0.25, -0.2) is 0 Å². The van der Waals surface area contributed by atoms with E-state index in [2.05, 4.69) is 53.6 Å². The Labute approximate surface area is 127 Å². The van der Waals surface area contributed by atoms with E-state index in [1.54, 1.807) is 7.05 Å². The van der Waals surface area contributed by atoms with E-state index in [-0.39, 0.29) is 11.8 Å². The lowest BCUT2D eigenvalue weighted by molar-refractivity contribution is -0.125. The summed E-state index contributed by atoms with van der Waals surface area (Å²) in [7, 11) is 1.72. The van der Waals surface area contributed by atoms with E-state index in [0.717, 1.165) is 32.5 Å². The zero-order valence-corrected chi connectivity index (χ0v) is 13.4. The molecule has 1 heterocycles. The third kappa shape index (κ3) is 4.46. The van der Waals surface area contributed by atoms with Crippen molar-refractivity contribution in [3.05, 3.63) is 29.8 Å². The predicted octanol–water partition coefficient (Wildman–Crippen LogP) is 2.15. The monoisotopic (exact) mass is 289 g/mol. The number of carbonyl (C=O) groups is 1. The lowest BCUT2D eigenvalue weighted by Gasteiger charge is -2.32.